The molecule has 2 aromatic rings. The summed E-state index contributed by atoms with van der Waals surface area (Å²) in [4.78, 5) is 12.3. The predicted molar refractivity (Wildman–Crippen MR) is 95.6 cm³/mol. The molecule has 2 aromatic carbocycles. The lowest BCUT2D eigenvalue weighted by Gasteiger charge is -2.34. The van der Waals surface area contributed by atoms with Crippen LogP contribution in [-0.4, -0.2) is 20.3 Å². The fraction of sp³-hybridized carbons (Fsp3) is 0.250. The van der Waals surface area contributed by atoms with Crippen molar-refractivity contribution < 1.29 is 14.3 Å². The first-order valence-electron chi connectivity index (χ1n) is 8.32. The molecule has 4 rings (SSSR count). The third kappa shape index (κ3) is 2.61. The number of aryl methyl sites for hydroxylation is 1. The second-order valence-electron chi connectivity index (χ2n) is 6.20. The van der Waals surface area contributed by atoms with E-state index in [0.717, 1.165) is 29.7 Å². The summed E-state index contributed by atoms with van der Waals surface area (Å²) in [6, 6.07) is 13.7. The highest BCUT2D eigenvalue weighted by Gasteiger charge is 2.32. The zero-order valence-corrected chi connectivity index (χ0v) is 14.3. The fourth-order valence-electron chi connectivity index (χ4n) is 3.67. The molecule has 1 heterocycles. The third-order valence-corrected chi connectivity index (χ3v) is 4.87. The lowest BCUT2D eigenvalue weighted by atomic mass is 9.83. The van der Waals surface area contributed by atoms with Gasteiger partial charge in [-0.05, 0) is 41.7 Å². The molecule has 0 radical (unpaired) electrons. The van der Waals surface area contributed by atoms with Crippen LogP contribution in [0.3, 0.4) is 0 Å². The molecule has 1 aliphatic heterocycles. The highest BCUT2D eigenvalue weighted by atomic mass is 16.5. The van der Waals surface area contributed by atoms with E-state index in [9.17, 15) is 4.79 Å². The molecule has 128 valence electrons. The summed E-state index contributed by atoms with van der Waals surface area (Å²) in [5.74, 6) is 1.33. The minimum Gasteiger partial charge on any atom is -0.493 e. The van der Waals surface area contributed by atoms with Gasteiger partial charge in [-0.3, -0.25) is 0 Å². The van der Waals surface area contributed by atoms with Crippen molar-refractivity contribution in [3.63, 3.8) is 0 Å². The van der Waals surface area contributed by atoms with E-state index in [0.29, 0.717) is 11.5 Å². The van der Waals surface area contributed by atoms with Crippen LogP contribution in [0.5, 0.6) is 11.5 Å². The quantitative estimate of drug-likeness (QED) is 0.903. The molecule has 0 fully saturated rings. The molecule has 1 aliphatic carbocycles. The first kappa shape index (κ1) is 15.6. The lowest BCUT2D eigenvalue weighted by Crippen LogP contribution is -2.44. The van der Waals surface area contributed by atoms with Crippen molar-refractivity contribution in [2.45, 2.75) is 18.9 Å². The Bertz CT molecular complexity index is 873. The van der Waals surface area contributed by atoms with Gasteiger partial charge in [0.25, 0.3) is 0 Å². The molecule has 25 heavy (non-hydrogen) atoms. The van der Waals surface area contributed by atoms with E-state index in [1.807, 2.05) is 30.3 Å². The monoisotopic (exact) mass is 336 g/mol. The maximum Gasteiger partial charge on any atom is 0.319 e. The van der Waals surface area contributed by atoms with Gasteiger partial charge in [0, 0.05) is 5.56 Å². The summed E-state index contributed by atoms with van der Waals surface area (Å²) in [7, 11) is 3.23. The van der Waals surface area contributed by atoms with Gasteiger partial charge in [0.15, 0.2) is 11.5 Å². The number of hydrogen-bond acceptors (Lipinski definition) is 3. The number of fused-ring (bicyclic) bond motifs is 2. The Kier molecular flexibility index (Phi) is 3.84. The van der Waals surface area contributed by atoms with E-state index in [1.54, 1.807) is 14.2 Å². The molecule has 0 unspecified atom stereocenters. The van der Waals surface area contributed by atoms with Crippen molar-refractivity contribution in [2.24, 2.45) is 0 Å². The smallest absolute Gasteiger partial charge is 0.319 e. The summed E-state index contributed by atoms with van der Waals surface area (Å²) in [5, 5.41) is 6.05. The molecule has 2 N–H and O–H groups in total. The van der Waals surface area contributed by atoms with Crippen LogP contribution < -0.4 is 20.1 Å². The Morgan fingerprint density at radius 1 is 1.00 bits per heavy atom. The summed E-state index contributed by atoms with van der Waals surface area (Å²) < 4.78 is 10.7. The molecule has 1 atom stereocenters. The standard InChI is InChI=1S/C20H20N2O3/c1-24-16-10-8-13(11-17(16)25-2)18-15-9-7-12-5-3-4-6-14(12)19(15)22-20(23)21-18/h3-6,8,10-11,18H,7,9H2,1-2H3,(H2,21,22,23)/t18-/m0/s1. The average molecular weight is 336 g/mol. The zero-order chi connectivity index (χ0) is 17.4. The minimum absolute atomic E-state index is 0.170. The summed E-state index contributed by atoms with van der Waals surface area (Å²) in [6.45, 7) is 0. The number of ether oxygens (including phenoxy) is 2. The third-order valence-electron chi connectivity index (χ3n) is 4.87. The molecular formula is C20H20N2O3. The Morgan fingerprint density at radius 2 is 1.80 bits per heavy atom. The number of rotatable bonds is 3. The first-order valence-corrected chi connectivity index (χ1v) is 8.32. The topological polar surface area (TPSA) is 59.6 Å². The van der Waals surface area contributed by atoms with Crippen LogP contribution >= 0.6 is 0 Å². The van der Waals surface area contributed by atoms with Gasteiger partial charge in [-0.15, -0.1) is 0 Å². The first-order chi connectivity index (χ1) is 12.2. The SMILES string of the molecule is COc1ccc([C@@H]2NC(=O)NC3=C2CCc2ccccc23)cc1OC. The van der Waals surface area contributed by atoms with Crippen LogP contribution in [0.2, 0.25) is 0 Å². The van der Waals surface area contributed by atoms with E-state index < -0.39 is 0 Å². The fourth-order valence-corrected chi connectivity index (χ4v) is 3.67. The molecule has 5 nitrogen and oxygen atoms in total. The van der Waals surface area contributed by atoms with Crippen LogP contribution in [0.4, 0.5) is 4.79 Å². The van der Waals surface area contributed by atoms with Gasteiger partial charge in [0.1, 0.15) is 0 Å². The Labute approximate surface area is 146 Å². The summed E-state index contributed by atoms with van der Waals surface area (Å²) in [5.41, 5.74) is 5.51. The number of carbonyl (C=O) groups is 1. The number of methoxy groups -OCH3 is 2. The van der Waals surface area contributed by atoms with Gasteiger partial charge in [-0.2, -0.15) is 0 Å². The van der Waals surface area contributed by atoms with Crippen molar-refractivity contribution in [1.29, 1.82) is 0 Å². The summed E-state index contributed by atoms with van der Waals surface area (Å²) >= 11 is 0. The maximum absolute atomic E-state index is 12.3. The van der Waals surface area contributed by atoms with Gasteiger partial charge < -0.3 is 20.1 Å². The van der Waals surface area contributed by atoms with E-state index in [-0.39, 0.29) is 12.1 Å². The number of benzene rings is 2. The normalized spacial score (nSPS) is 18.6. The number of carbonyl (C=O) groups excluding carboxylic acids is 1. The number of amides is 2. The molecule has 0 saturated carbocycles. The highest BCUT2D eigenvalue weighted by molar-refractivity contribution is 5.91. The van der Waals surface area contributed by atoms with Crippen LogP contribution in [0.1, 0.15) is 29.2 Å². The van der Waals surface area contributed by atoms with Crippen molar-refractivity contribution >= 4 is 11.7 Å². The van der Waals surface area contributed by atoms with Gasteiger partial charge in [0.2, 0.25) is 0 Å². The Balaban J connectivity index is 1.82. The Morgan fingerprint density at radius 3 is 2.60 bits per heavy atom. The van der Waals surface area contributed by atoms with Crippen LogP contribution in [-0.2, 0) is 6.42 Å². The lowest BCUT2D eigenvalue weighted by molar-refractivity contribution is 0.240. The zero-order valence-electron chi connectivity index (χ0n) is 14.3. The van der Waals surface area contributed by atoms with Gasteiger partial charge in [-0.25, -0.2) is 4.79 Å². The van der Waals surface area contributed by atoms with E-state index in [4.69, 9.17) is 9.47 Å². The van der Waals surface area contributed by atoms with Gasteiger partial charge in [0.05, 0.1) is 26.0 Å². The molecule has 0 aromatic heterocycles. The molecule has 2 aliphatic rings. The number of hydrogen-bond donors (Lipinski definition) is 2. The van der Waals surface area contributed by atoms with E-state index in [2.05, 4.69) is 22.8 Å². The predicted octanol–water partition coefficient (Wildman–Crippen LogP) is 3.42. The van der Waals surface area contributed by atoms with Crippen molar-refractivity contribution in [3.05, 3.63) is 64.7 Å². The molecule has 2 amide bonds. The largest absolute Gasteiger partial charge is 0.493 e. The highest BCUT2D eigenvalue weighted by Crippen LogP contribution is 2.40. The van der Waals surface area contributed by atoms with Gasteiger partial charge in [-0.1, -0.05) is 30.3 Å². The second kappa shape index (κ2) is 6.16. The minimum atomic E-state index is -0.185. The van der Waals surface area contributed by atoms with E-state index >= 15 is 0 Å². The van der Waals surface area contributed by atoms with Gasteiger partial charge >= 0.3 is 6.03 Å². The molecule has 0 saturated heterocycles. The van der Waals surface area contributed by atoms with Crippen molar-refractivity contribution in [1.82, 2.24) is 10.6 Å². The van der Waals surface area contributed by atoms with E-state index in [1.165, 1.54) is 11.1 Å². The molecular weight excluding hydrogens is 316 g/mol. The van der Waals surface area contributed by atoms with Crippen LogP contribution in [0, 0.1) is 0 Å². The maximum atomic E-state index is 12.3. The van der Waals surface area contributed by atoms with Crippen molar-refractivity contribution in [2.75, 3.05) is 14.2 Å². The van der Waals surface area contributed by atoms with Crippen molar-refractivity contribution in [3.8, 4) is 11.5 Å². The molecule has 0 bridgehead atoms. The molecule has 5 heteroatoms. The average Bonchev–Trinajstić information content (AvgIpc) is 2.66. The summed E-state index contributed by atoms with van der Waals surface area (Å²) in [6.07, 6.45) is 1.87. The Hall–Kier alpha value is -2.95. The van der Waals surface area contributed by atoms with Crippen LogP contribution in [0.15, 0.2) is 48.0 Å². The number of urea groups is 1. The second-order valence-corrected chi connectivity index (χ2v) is 6.20. The number of nitrogens with one attached hydrogen (secondary N) is 2. The van der Waals surface area contributed by atoms with Crippen LogP contribution in [0.25, 0.3) is 5.70 Å². The molecule has 0 spiro atoms.